The van der Waals surface area contributed by atoms with Crippen molar-refractivity contribution in [1.82, 2.24) is 0 Å². The SMILES string of the molecule is C#CC#CC#CC#CC#CC#CC#CC#CC#COCCOc1ccc(C2(c3ccc(OCCO)cc3)C=Cc3c4c(c5cc(-c6ccc(C)cc6OC)c(OC)cc5c3O2)-c2ccccc2C42CC(C)(C)CC(C)(C)C2)cc1.[HH].[HH].[HH].[HH].[HH].[HH].[HH].[HH].[HH].[HH].[HH].[HH].[HH].[HH].[HH].[HH].[HH]. The first-order valence-corrected chi connectivity index (χ1v) is 25.9. The first kappa shape index (κ1) is 53.9. The monoisotopic (exact) mass is 1070 g/mol. The van der Waals surface area contributed by atoms with Crippen molar-refractivity contribution >= 4 is 16.8 Å². The molecule has 3 aliphatic rings. The maximum absolute atomic E-state index is 9.58. The number of fused-ring (bicyclic) bond motifs is 10. The van der Waals surface area contributed by atoms with Crippen molar-refractivity contribution in [3.05, 3.63) is 143 Å². The van der Waals surface area contributed by atoms with Gasteiger partial charge in [-0.25, -0.2) is 0 Å². The zero-order chi connectivity index (χ0) is 55.5. The number of benzene rings is 6. The summed E-state index contributed by atoms with van der Waals surface area (Å²) in [5.41, 5.74) is 9.62. The fourth-order valence-electron chi connectivity index (χ4n) is 12.1. The molecule has 1 unspecified atom stereocenters. The number of ether oxygens (including phenoxy) is 6. The molecule has 7 nitrogen and oxygen atoms in total. The molecule has 1 aliphatic heterocycles. The first-order valence-electron chi connectivity index (χ1n) is 25.9. The van der Waals surface area contributed by atoms with Crippen LogP contribution in [0.3, 0.4) is 0 Å². The van der Waals surface area contributed by atoms with Crippen molar-refractivity contribution in [3.8, 4) is 158 Å². The highest BCUT2D eigenvalue weighted by molar-refractivity contribution is 6.11. The molecular formula is C72H90O7. The predicted octanol–water partition coefficient (Wildman–Crippen LogP) is 16.3. The summed E-state index contributed by atoms with van der Waals surface area (Å²) < 4.78 is 37.7. The lowest BCUT2D eigenvalue weighted by atomic mass is 9.52. The minimum absolute atomic E-state index is 0. The van der Waals surface area contributed by atoms with Crippen LogP contribution in [-0.4, -0.2) is 45.8 Å². The van der Waals surface area contributed by atoms with Crippen LogP contribution in [0.5, 0.6) is 28.7 Å². The maximum Gasteiger partial charge on any atom is 0.178 e. The largest absolute Gasteiger partial charge is 0.496 e. The molecule has 9 rings (SSSR count). The lowest BCUT2D eigenvalue weighted by Gasteiger charge is -2.52. The van der Waals surface area contributed by atoms with Gasteiger partial charge in [-0.3, -0.25) is 0 Å². The molecule has 6 aromatic carbocycles. The molecule has 6 aromatic rings. The number of aryl methyl sites for hydroxylation is 1. The Kier molecular flexibility index (Phi) is 16.1. The van der Waals surface area contributed by atoms with Gasteiger partial charge in [0, 0.05) is 110 Å². The van der Waals surface area contributed by atoms with Gasteiger partial charge >= 0.3 is 0 Å². The number of terminal acetylenes is 1. The van der Waals surface area contributed by atoms with Crippen LogP contribution in [0.1, 0.15) is 105 Å². The van der Waals surface area contributed by atoms with Crippen molar-refractivity contribution in [3.63, 3.8) is 0 Å². The molecule has 0 bridgehead atoms. The molecule has 1 N–H and O–H groups in total. The maximum atomic E-state index is 9.58. The van der Waals surface area contributed by atoms with Crippen molar-refractivity contribution in [2.75, 3.05) is 40.6 Å². The Morgan fingerprint density at radius 3 is 1.72 bits per heavy atom. The zero-order valence-electron chi connectivity index (χ0n) is 45.4. The van der Waals surface area contributed by atoms with Crippen LogP contribution < -0.4 is 23.7 Å². The lowest BCUT2D eigenvalue weighted by Crippen LogP contribution is -2.44. The summed E-state index contributed by atoms with van der Waals surface area (Å²) in [5.74, 6) is 43.8. The Labute approximate surface area is 490 Å². The van der Waals surface area contributed by atoms with Gasteiger partial charge < -0.3 is 33.5 Å². The molecule has 0 amide bonds. The van der Waals surface area contributed by atoms with Crippen LogP contribution in [0.15, 0.2) is 109 Å². The third-order valence-electron chi connectivity index (χ3n) is 14.2. The van der Waals surface area contributed by atoms with Gasteiger partial charge in [0.05, 0.1) is 20.8 Å². The molecule has 0 saturated heterocycles. The first-order chi connectivity index (χ1) is 38.4. The van der Waals surface area contributed by atoms with E-state index in [1.165, 1.54) is 22.3 Å². The Hall–Kier alpha value is -9.88. The minimum Gasteiger partial charge on any atom is -0.496 e. The van der Waals surface area contributed by atoms with Gasteiger partial charge in [-0.05, 0) is 166 Å². The summed E-state index contributed by atoms with van der Waals surface area (Å²) in [5, 5.41) is 11.6. The third kappa shape index (κ3) is 11.5. The molecule has 7 heteroatoms. The van der Waals surface area contributed by atoms with E-state index < -0.39 is 5.60 Å². The molecule has 1 heterocycles. The lowest BCUT2D eigenvalue weighted by molar-refractivity contribution is 0.0642. The molecule has 1 saturated carbocycles. The smallest absolute Gasteiger partial charge is 0.178 e. The van der Waals surface area contributed by atoms with E-state index in [1.54, 1.807) is 14.2 Å². The van der Waals surface area contributed by atoms with Crippen LogP contribution in [0.4, 0.5) is 0 Å². The number of hydrogen-bond acceptors (Lipinski definition) is 7. The number of aliphatic hydroxyl groups excluding tert-OH is 1. The fraction of sp³-hybridized carbons (Fsp3) is 0.250. The average molecular weight is 1070 g/mol. The molecule has 420 valence electrons. The third-order valence-corrected chi connectivity index (χ3v) is 14.2. The second kappa shape index (κ2) is 23.6. The summed E-state index contributed by atoms with van der Waals surface area (Å²) in [4.78, 5) is 0. The van der Waals surface area contributed by atoms with Gasteiger partial charge in [0.25, 0.3) is 0 Å². The van der Waals surface area contributed by atoms with E-state index in [-0.39, 0.29) is 66.9 Å². The van der Waals surface area contributed by atoms with Crippen molar-refractivity contribution in [2.24, 2.45) is 10.8 Å². The summed E-state index contributed by atoms with van der Waals surface area (Å²) in [6.07, 6.45) is 15.2. The second-order valence-corrected chi connectivity index (χ2v) is 20.9. The quantitative estimate of drug-likeness (QED) is 0.0966. The molecule has 79 heavy (non-hydrogen) atoms. The van der Waals surface area contributed by atoms with Gasteiger partial charge in [-0.15, -0.1) is 6.42 Å². The zero-order valence-corrected chi connectivity index (χ0v) is 45.4. The van der Waals surface area contributed by atoms with Gasteiger partial charge in [0.15, 0.2) is 5.60 Å². The average Bonchev–Trinajstić information content (AvgIpc) is 1.45. The molecule has 1 fully saturated rings. The number of methoxy groups -OCH3 is 2. The summed E-state index contributed by atoms with van der Waals surface area (Å²) in [6, 6.07) is 35.7. The Morgan fingerprint density at radius 1 is 0.582 bits per heavy atom. The van der Waals surface area contributed by atoms with Crippen LogP contribution in [0.2, 0.25) is 0 Å². The molecule has 0 aromatic heterocycles. The van der Waals surface area contributed by atoms with Crippen molar-refractivity contribution in [1.29, 1.82) is 0 Å². The van der Waals surface area contributed by atoms with Crippen LogP contribution in [0, 0.1) is 125 Å². The normalized spacial score (nSPS) is 15.5. The highest BCUT2D eigenvalue weighted by Gasteiger charge is 2.55. The van der Waals surface area contributed by atoms with E-state index in [1.807, 2.05) is 48.5 Å². The molecule has 1 atom stereocenters. The highest BCUT2D eigenvalue weighted by atomic mass is 16.5. The van der Waals surface area contributed by atoms with Gasteiger partial charge in [0.1, 0.15) is 54.7 Å². The van der Waals surface area contributed by atoms with Crippen LogP contribution >= 0.6 is 0 Å². The fourth-order valence-corrected chi connectivity index (χ4v) is 12.1. The molecule has 1 spiro atoms. The Bertz CT molecular complexity index is 4040. The summed E-state index contributed by atoms with van der Waals surface area (Å²) in [7, 11) is 3.44. The van der Waals surface area contributed by atoms with Crippen molar-refractivity contribution in [2.45, 2.75) is 64.9 Å². The standard InChI is InChI=1S/C72H56O7.17H2/c1-9-10-11-12-13-14-15-16-17-18-19-20-21-22-23-26-42-76-44-45-78-56-36-32-54(33-37-56)72(53-30-34-55(35-31-53)77-43-41-73)40-39-59-67-66(58-27-24-25-28-63(58)71(67)50-69(3,4)49-70(5,6)51-71)61-47-60(57-38-29-52(2)46-64(57)74-7)65(75-8)48-62(61)68(59)79-72;;;;;;;;;;;;;;;;;/h1,24-25,27-40,46-48,73H,41,43-45,49-51H2,2-8H3;17*1H. The predicted molar refractivity (Wildman–Crippen MR) is 349 cm³/mol. The van der Waals surface area contributed by atoms with Gasteiger partial charge in [0.2, 0.25) is 0 Å². The van der Waals surface area contributed by atoms with E-state index in [0.717, 1.165) is 74.9 Å². The van der Waals surface area contributed by atoms with E-state index in [0.29, 0.717) is 17.2 Å². The highest BCUT2D eigenvalue weighted by Crippen LogP contribution is 2.67. The molecule has 0 radical (unpaired) electrons. The summed E-state index contributed by atoms with van der Waals surface area (Å²) in [6.45, 7) is 12.3. The van der Waals surface area contributed by atoms with Gasteiger partial charge in [-0.1, -0.05) is 94.4 Å². The van der Waals surface area contributed by atoms with E-state index >= 15 is 0 Å². The Balaban J connectivity index is -0.000000636. The van der Waals surface area contributed by atoms with E-state index in [2.05, 4.69) is 202 Å². The van der Waals surface area contributed by atoms with E-state index in [4.69, 9.17) is 34.8 Å². The Morgan fingerprint density at radius 2 is 1.14 bits per heavy atom. The molecular weight excluding hydrogens is 977 g/mol. The van der Waals surface area contributed by atoms with E-state index in [9.17, 15) is 5.11 Å². The summed E-state index contributed by atoms with van der Waals surface area (Å²) >= 11 is 0. The van der Waals surface area contributed by atoms with Crippen LogP contribution in [-0.2, 0) is 15.8 Å². The minimum atomic E-state index is -1.12. The number of hydrogen-bond donors (Lipinski definition) is 1. The number of aliphatic hydroxyl groups is 1. The molecule has 2 aliphatic carbocycles. The van der Waals surface area contributed by atoms with Crippen LogP contribution in [0.25, 0.3) is 39.1 Å². The second-order valence-electron chi connectivity index (χ2n) is 20.9. The van der Waals surface area contributed by atoms with Crippen molar-refractivity contribution < 1.29 is 57.8 Å². The number of rotatable bonds is 12. The van der Waals surface area contributed by atoms with Gasteiger partial charge in [-0.2, -0.15) is 0 Å². The topological polar surface area (TPSA) is 75.6 Å².